The van der Waals surface area contributed by atoms with Crippen LogP contribution in [0.2, 0.25) is 0 Å². The standard InChI is InChI=1S/C22H28N2O3S2/c1-4-16(3)28-19-10-11-21(15(2)12-19)24-22(25)18-6-5-7-20(13-18)29(26,27)23-14-17-8-9-17/h5-7,10-13,16-17,23H,4,8-9,14H2,1-3H3,(H,24,25). The first-order chi connectivity index (χ1) is 13.8. The van der Waals surface area contributed by atoms with E-state index in [4.69, 9.17) is 0 Å². The van der Waals surface area contributed by atoms with Gasteiger partial charge in [0.05, 0.1) is 4.90 Å². The molecule has 2 N–H and O–H groups in total. The Balaban J connectivity index is 1.70. The van der Waals surface area contributed by atoms with Gasteiger partial charge >= 0.3 is 0 Å². The second-order valence-corrected chi connectivity index (χ2v) is 10.9. The smallest absolute Gasteiger partial charge is 0.255 e. The van der Waals surface area contributed by atoms with Gasteiger partial charge in [-0.2, -0.15) is 0 Å². The summed E-state index contributed by atoms with van der Waals surface area (Å²) in [5, 5.41) is 3.43. The zero-order valence-corrected chi connectivity index (χ0v) is 18.7. The van der Waals surface area contributed by atoms with E-state index in [2.05, 4.69) is 30.0 Å². The van der Waals surface area contributed by atoms with Gasteiger partial charge in [-0.25, -0.2) is 13.1 Å². The number of amides is 1. The number of hydrogen-bond donors (Lipinski definition) is 2. The van der Waals surface area contributed by atoms with Gasteiger partial charge in [0, 0.05) is 27.9 Å². The Kier molecular flexibility index (Phi) is 7.03. The summed E-state index contributed by atoms with van der Waals surface area (Å²) < 4.78 is 27.5. The number of benzene rings is 2. The zero-order valence-electron chi connectivity index (χ0n) is 17.1. The molecular weight excluding hydrogens is 404 g/mol. The molecule has 29 heavy (non-hydrogen) atoms. The molecule has 156 valence electrons. The van der Waals surface area contributed by atoms with Crippen LogP contribution in [0.4, 0.5) is 5.69 Å². The van der Waals surface area contributed by atoms with Crippen molar-refractivity contribution in [3.63, 3.8) is 0 Å². The fraction of sp³-hybridized carbons (Fsp3) is 0.409. The number of carbonyl (C=O) groups is 1. The van der Waals surface area contributed by atoms with Crippen molar-refractivity contribution in [3.05, 3.63) is 53.6 Å². The van der Waals surface area contributed by atoms with E-state index >= 15 is 0 Å². The maximum absolute atomic E-state index is 12.7. The molecule has 0 aromatic heterocycles. The highest BCUT2D eigenvalue weighted by molar-refractivity contribution is 7.99. The largest absolute Gasteiger partial charge is 0.322 e. The van der Waals surface area contributed by atoms with E-state index < -0.39 is 10.0 Å². The number of nitrogens with one attached hydrogen (secondary N) is 2. The van der Waals surface area contributed by atoms with E-state index in [0.717, 1.165) is 30.5 Å². The Bertz CT molecular complexity index is 985. The first-order valence-electron chi connectivity index (χ1n) is 9.97. The molecule has 1 atom stereocenters. The number of carbonyl (C=O) groups excluding carboxylic acids is 1. The molecule has 0 radical (unpaired) electrons. The molecule has 0 bridgehead atoms. The third-order valence-electron chi connectivity index (χ3n) is 5.02. The number of anilines is 1. The Morgan fingerprint density at radius 1 is 1.21 bits per heavy atom. The Labute approximate surface area is 177 Å². The molecule has 7 heteroatoms. The van der Waals surface area contributed by atoms with Crippen LogP contribution in [-0.2, 0) is 10.0 Å². The normalized spacial score (nSPS) is 15.1. The molecule has 1 amide bonds. The highest BCUT2D eigenvalue weighted by Crippen LogP contribution is 2.29. The SMILES string of the molecule is CCC(C)Sc1ccc(NC(=O)c2cccc(S(=O)(=O)NCC3CC3)c2)c(C)c1. The fourth-order valence-electron chi connectivity index (χ4n) is 2.80. The van der Waals surface area contributed by atoms with Gasteiger partial charge in [0.25, 0.3) is 5.91 Å². The van der Waals surface area contributed by atoms with Crippen molar-refractivity contribution in [1.82, 2.24) is 4.72 Å². The van der Waals surface area contributed by atoms with Gasteiger partial charge in [-0.1, -0.05) is 19.9 Å². The number of rotatable bonds is 9. The van der Waals surface area contributed by atoms with Gasteiger partial charge in [-0.05, 0) is 74.1 Å². The van der Waals surface area contributed by atoms with Crippen LogP contribution in [0.25, 0.3) is 0 Å². The molecule has 1 unspecified atom stereocenters. The van der Waals surface area contributed by atoms with Crippen LogP contribution in [0.1, 0.15) is 49.0 Å². The lowest BCUT2D eigenvalue weighted by molar-refractivity contribution is 0.102. The van der Waals surface area contributed by atoms with Crippen LogP contribution in [-0.4, -0.2) is 26.1 Å². The third-order valence-corrected chi connectivity index (χ3v) is 7.71. The third kappa shape index (κ3) is 6.07. The number of hydrogen-bond acceptors (Lipinski definition) is 4. The highest BCUT2D eigenvalue weighted by Gasteiger charge is 2.24. The molecule has 5 nitrogen and oxygen atoms in total. The molecule has 1 saturated carbocycles. The van der Waals surface area contributed by atoms with Gasteiger partial charge in [0.1, 0.15) is 0 Å². The minimum absolute atomic E-state index is 0.114. The highest BCUT2D eigenvalue weighted by atomic mass is 32.2. The summed E-state index contributed by atoms with van der Waals surface area (Å²) >= 11 is 1.81. The van der Waals surface area contributed by atoms with Crippen molar-refractivity contribution in [2.75, 3.05) is 11.9 Å². The molecule has 0 aliphatic heterocycles. The summed E-state index contributed by atoms with van der Waals surface area (Å²) in [6.07, 6.45) is 3.23. The summed E-state index contributed by atoms with van der Waals surface area (Å²) in [7, 11) is -3.60. The van der Waals surface area contributed by atoms with Crippen molar-refractivity contribution >= 4 is 33.4 Å². The maximum Gasteiger partial charge on any atom is 0.255 e. The monoisotopic (exact) mass is 432 g/mol. The molecule has 1 aliphatic carbocycles. The molecule has 0 spiro atoms. The Morgan fingerprint density at radius 3 is 2.62 bits per heavy atom. The Morgan fingerprint density at radius 2 is 1.97 bits per heavy atom. The van der Waals surface area contributed by atoms with E-state index in [0.29, 0.717) is 23.3 Å². The summed E-state index contributed by atoms with van der Waals surface area (Å²) in [6.45, 7) is 6.77. The lowest BCUT2D eigenvalue weighted by Crippen LogP contribution is -2.26. The minimum Gasteiger partial charge on any atom is -0.322 e. The molecular formula is C22H28N2O3S2. The van der Waals surface area contributed by atoms with Crippen LogP contribution < -0.4 is 10.0 Å². The first kappa shape index (κ1) is 21.9. The van der Waals surface area contributed by atoms with Crippen LogP contribution in [0.5, 0.6) is 0 Å². The predicted molar refractivity (Wildman–Crippen MR) is 119 cm³/mol. The average Bonchev–Trinajstić information content (AvgIpc) is 3.53. The van der Waals surface area contributed by atoms with Crippen molar-refractivity contribution in [2.45, 2.75) is 55.1 Å². The second kappa shape index (κ2) is 9.32. The molecule has 1 aliphatic rings. The van der Waals surface area contributed by atoms with Crippen molar-refractivity contribution in [2.24, 2.45) is 5.92 Å². The first-order valence-corrected chi connectivity index (χ1v) is 12.3. The number of sulfonamides is 1. The lowest BCUT2D eigenvalue weighted by atomic mass is 10.1. The van der Waals surface area contributed by atoms with E-state index in [-0.39, 0.29) is 10.8 Å². The summed E-state index contributed by atoms with van der Waals surface area (Å²) in [5.74, 6) is 0.121. The molecule has 2 aromatic rings. The zero-order chi connectivity index (χ0) is 21.0. The molecule has 1 fully saturated rings. The van der Waals surface area contributed by atoms with Gasteiger partial charge in [-0.15, -0.1) is 11.8 Å². The van der Waals surface area contributed by atoms with Gasteiger partial charge in [0.15, 0.2) is 0 Å². The topological polar surface area (TPSA) is 75.3 Å². The van der Waals surface area contributed by atoms with Crippen molar-refractivity contribution < 1.29 is 13.2 Å². The Hall–Kier alpha value is -1.83. The van der Waals surface area contributed by atoms with Crippen LogP contribution in [0.15, 0.2) is 52.3 Å². The molecule has 0 heterocycles. The van der Waals surface area contributed by atoms with Gasteiger partial charge in [0.2, 0.25) is 10.0 Å². The fourth-order valence-corrected chi connectivity index (χ4v) is 4.98. The van der Waals surface area contributed by atoms with Gasteiger partial charge < -0.3 is 5.32 Å². The molecule has 0 saturated heterocycles. The quantitative estimate of drug-likeness (QED) is 0.557. The number of thioether (sulfide) groups is 1. The van der Waals surface area contributed by atoms with E-state index in [1.54, 1.807) is 12.1 Å². The number of aryl methyl sites for hydroxylation is 1. The van der Waals surface area contributed by atoms with Crippen LogP contribution in [0, 0.1) is 12.8 Å². The predicted octanol–water partition coefficient (Wildman–Crippen LogP) is 4.83. The second-order valence-electron chi connectivity index (χ2n) is 7.59. The summed E-state index contributed by atoms with van der Waals surface area (Å²) in [5.41, 5.74) is 2.02. The van der Waals surface area contributed by atoms with Crippen molar-refractivity contribution in [3.8, 4) is 0 Å². The van der Waals surface area contributed by atoms with E-state index in [1.807, 2.05) is 30.8 Å². The van der Waals surface area contributed by atoms with Gasteiger partial charge in [-0.3, -0.25) is 4.79 Å². The molecule has 3 rings (SSSR count). The summed E-state index contributed by atoms with van der Waals surface area (Å²) in [6, 6.07) is 12.1. The lowest BCUT2D eigenvalue weighted by Gasteiger charge is -2.13. The molecule has 2 aromatic carbocycles. The van der Waals surface area contributed by atoms with Crippen LogP contribution in [0.3, 0.4) is 0 Å². The van der Waals surface area contributed by atoms with E-state index in [1.165, 1.54) is 17.0 Å². The van der Waals surface area contributed by atoms with Crippen molar-refractivity contribution in [1.29, 1.82) is 0 Å². The minimum atomic E-state index is -3.60. The summed E-state index contributed by atoms with van der Waals surface area (Å²) in [4.78, 5) is 14.0. The van der Waals surface area contributed by atoms with Crippen LogP contribution >= 0.6 is 11.8 Å². The van der Waals surface area contributed by atoms with E-state index in [9.17, 15) is 13.2 Å². The maximum atomic E-state index is 12.7. The average molecular weight is 433 g/mol.